The number of hydrogen-bond donors (Lipinski definition) is 1. The molecule has 18 heavy (non-hydrogen) atoms. The maximum absolute atomic E-state index is 12.9. The molecule has 2 rings (SSSR count). The van der Waals surface area contributed by atoms with Gasteiger partial charge in [-0.3, -0.25) is 9.67 Å². The number of anilines is 1. The van der Waals surface area contributed by atoms with E-state index in [0.29, 0.717) is 0 Å². The van der Waals surface area contributed by atoms with Gasteiger partial charge in [-0.1, -0.05) is 6.92 Å². The molecule has 96 valence electrons. The third-order valence-electron chi connectivity index (χ3n) is 2.86. The van der Waals surface area contributed by atoms with Crippen molar-refractivity contribution >= 4 is 5.69 Å². The van der Waals surface area contributed by atoms with Crippen LogP contribution in [-0.2, 0) is 7.05 Å². The lowest BCUT2D eigenvalue weighted by Crippen LogP contribution is -2.11. The highest BCUT2D eigenvalue weighted by Gasteiger charge is 2.13. The largest absolute Gasteiger partial charge is 0.374 e. The van der Waals surface area contributed by atoms with Crippen LogP contribution in [0.15, 0.2) is 24.5 Å². The van der Waals surface area contributed by atoms with Crippen LogP contribution in [0.4, 0.5) is 10.1 Å². The fourth-order valence-electron chi connectivity index (χ4n) is 1.91. The van der Waals surface area contributed by atoms with E-state index in [1.165, 1.54) is 12.3 Å². The van der Waals surface area contributed by atoms with Gasteiger partial charge in [0.1, 0.15) is 5.82 Å². The fraction of sp³-hybridized carbons (Fsp3) is 0.385. The molecule has 0 saturated heterocycles. The van der Waals surface area contributed by atoms with Crippen molar-refractivity contribution in [2.24, 2.45) is 7.05 Å². The van der Waals surface area contributed by atoms with Crippen molar-refractivity contribution in [3.05, 3.63) is 41.7 Å². The van der Waals surface area contributed by atoms with Crippen molar-refractivity contribution in [1.82, 2.24) is 14.8 Å². The van der Waals surface area contributed by atoms with Crippen LogP contribution in [0.5, 0.6) is 0 Å². The number of halogens is 1. The molecule has 1 unspecified atom stereocenters. The summed E-state index contributed by atoms with van der Waals surface area (Å²) in [5, 5.41) is 7.67. The van der Waals surface area contributed by atoms with Crippen molar-refractivity contribution < 1.29 is 4.39 Å². The Morgan fingerprint density at radius 2 is 2.22 bits per heavy atom. The summed E-state index contributed by atoms with van der Waals surface area (Å²) in [7, 11) is 1.88. The molecule has 1 atom stereocenters. The van der Waals surface area contributed by atoms with Gasteiger partial charge in [-0.25, -0.2) is 4.39 Å². The second-order valence-electron chi connectivity index (χ2n) is 4.31. The van der Waals surface area contributed by atoms with E-state index in [9.17, 15) is 4.39 Å². The van der Waals surface area contributed by atoms with Crippen LogP contribution in [-0.4, -0.2) is 14.8 Å². The lowest BCUT2D eigenvalue weighted by atomic mass is 10.1. The Bertz CT molecular complexity index is 518. The van der Waals surface area contributed by atoms with E-state index >= 15 is 0 Å². The number of aryl methyl sites for hydroxylation is 2. The van der Waals surface area contributed by atoms with Crippen LogP contribution in [0.2, 0.25) is 0 Å². The molecule has 0 radical (unpaired) electrons. The minimum absolute atomic E-state index is 0.0634. The SMILES string of the molecule is CCC(Nc1cn(C)nc1C)c1ccc(F)cn1. The summed E-state index contributed by atoms with van der Waals surface area (Å²) >= 11 is 0. The third-order valence-corrected chi connectivity index (χ3v) is 2.86. The minimum atomic E-state index is -0.314. The molecule has 2 aromatic heterocycles. The number of aromatic nitrogens is 3. The van der Waals surface area contributed by atoms with Crippen molar-refractivity contribution in [3.8, 4) is 0 Å². The van der Waals surface area contributed by atoms with Crippen LogP contribution >= 0.6 is 0 Å². The Hall–Kier alpha value is -1.91. The zero-order chi connectivity index (χ0) is 13.1. The average molecular weight is 248 g/mol. The summed E-state index contributed by atoms with van der Waals surface area (Å²) in [4.78, 5) is 4.12. The number of nitrogens with one attached hydrogen (secondary N) is 1. The first-order chi connectivity index (χ1) is 8.60. The Morgan fingerprint density at radius 3 is 2.72 bits per heavy atom. The second-order valence-corrected chi connectivity index (χ2v) is 4.31. The number of nitrogens with zero attached hydrogens (tertiary/aromatic N) is 3. The Kier molecular flexibility index (Phi) is 3.60. The van der Waals surface area contributed by atoms with Crippen molar-refractivity contribution in [1.29, 1.82) is 0 Å². The van der Waals surface area contributed by atoms with E-state index in [0.717, 1.165) is 23.5 Å². The summed E-state index contributed by atoms with van der Waals surface area (Å²) < 4.78 is 14.6. The Balaban J connectivity index is 2.19. The predicted molar refractivity (Wildman–Crippen MR) is 68.8 cm³/mol. The van der Waals surface area contributed by atoms with E-state index in [-0.39, 0.29) is 11.9 Å². The Labute approximate surface area is 106 Å². The van der Waals surface area contributed by atoms with Crippen LogP contribution in [0, 0.1) is 12.7 Å². The summed E-state index contributed by atoms with van der Waals surface area (Å²) in [5.74, 6) is -0.314. The standard InChI is InChI=1S/C13H17FN4/c1-4-11(12-6-5-10(14)7-15-12)16-13-8-18(3)17-9(13)2/h5-8,11,16H,4H2,1-3H3. The predicted octanol–water partition coefficient (Wildman–Crippen LogP) is 2.83. The van der Waals surface area contributed by atoms with Gasteiger partial charge in [0.2, 0.25) is 0 Å². The molecule has 0 saturated carbocycles. The van der Waals surface area contributed by atoms with Gasteiger partial charge in [0.05, 0.1) is 29.3 Å². The molecule has 2 heterocycles. The topological polar surface area (TPSA) is 42.7 Å². The normalized spacial score (nSPS) is 12.4. The van der Waals surface area contributed by atoms with Gasteiger partial charge < -0.3 is 5.32 Å². The second kappa shape index (κ2) is 5.16. The van der Waals surface area contributed by atoms with Gasteiger partial charge in [0, 0.05) is 13.2 Å². The monoisotopic (exact) mass is 248 g/mol. The van der Waals surface area contributed by atoms with Gasteiger partial charge in [-0.05, 0) is 25.5 Å². The zero-order valence-electron chi connectivity index (χ0n) is 10.8. The van der Waals surface area contributed by atoms with E-state index in [2.05, 4.69) is 22.3 Å². The van der Waals surface area contributed by atoms with E-state index < -0.39 is 0 Å². The van der Waals surface area contributed by atoms with E-state index in [1.54, 1.807) is 10.7 Å². The zero-order valence-corrected chi connectivity index (χ0v) is 10.8. The minimum Gasteiger partial charge on any atom is -0.374 e. The van der Waals surface area contributed by atoms with Crippen molar-refractivity contribution in [3.63, 3.8) is 0 Å². The Morgan fingerprint density at radius 1 is 1.44 bits per heavy atom. The number of pyridine rings is 1. The molecule has 4 nitrogen and oxygen atoms in total. The average Bonchev–Trinajstić information content (AvgIpc) is 2.66. The highest BCUT2D eigenvalue weighted by molar-refractivity contribution is 5.47. The lowest BCUT2D eigenvalue weighted by Gasteiger charge is -2.16. The summed E-state index contributed by atoms with van der Waals surface area (Å²) in [6, 6.07) is 3.21. The van der Waals surface area contributed by atoms with Crippen molar-refractivity contribution in [2.75, 3.05) is 5.32 Å². The molecule has 0 bridgehead atoms. The van der Waals surface area contributed by atoms with Gasteiger partial charge in [-0.2, -0.15) is 5.10 Å². The van der Waals surface area contributed by atoms with Crippen LogP contribution in [0.3, 0.4) is 0 Å². The van der Waals surface area contributed by atoms with Gasteiger partial charge >= 0.3 is 0 Å². The summed E-state index contributed by atoms with van der Waals surface area (Å²) in [6.45, 7) is 4.02. The molecule has 0 aliphatic carbocycles. The maximum atomic E-state index is 12.9. The van der Waals surface area contributed by atoms with Crippen molar-refractivity contribution in [2.45, 2.75) is 26.3 Å². The summed E-state index contributed by atoms with van der Waals surface area (Å²) in [6.07, 6.45) is 4.05. The number of hydrogen-bond acceptors (Lipinski definition) is 3. The van der Waals surface area contributed by atoms with Gasteiger partial charge in [0.25, 0.3) is 0 Å². The molecular formula is C13H17FN4. The molecule has 5 heteroatoms. The first kappa shape index (κ1) is 12.5. The van der Waals surface area contributed by atoms with Crippen LogP contribution in [0.25, 0.3) is 0 Å². The molecule has 0 spiro atoms. The first-order valence-electron chi connectivity index (χ1n) is 5.98. The molecule has 2 aromatic rings. The van der Waals surface area contributed by atoms with Gasteiger partial charge in [-0.15, -0.1) is 0 Å². The number of rotatable bonds is 4. The lowest BCUT2D eigenvalue weighted by molar-refractivity contribution is 0.614. The third kappa shape index (κ3) is 2.67. The highest BCUT2D eigenvalue weighted by atomic mass is 19.1. The molecule has 0 aromatic carbocycles. The van der Waals surface area contributed by atoms with Crippen LogP contribution in [0.1, 0.15) is 30.8 Å². The highest BCUT2D eigenvalue weighted by Crippen LogP contribution is 2.22. The molecular weight excluding hydrogens is 231 g/mol. The molecule has 0 amide bonds. The smallest absolute Gasteiger partial charge is 0.141 e. The molecule has 1 N–H and O–H groups in total. The van der Waals surface area contributed by atoms with Crippen LogP contribution < -0.4 is 5.32 Å². The quantitative estimate of drug-likeness (QED) is 0.904. The van der Waals surface area contributed by atoms with Gasteiger partial charge in [0.15, 0.2) is 0 Å². The molecule has 0 aliphatic rings. The molecule has 0 aliphatic heterocycles. The molecule has 0 fully saturated rings. The summed E-state index contributed by atoms with van der Waals surface area (Å²) in [5.41, 5.74) is 2.76. The fourth-order valence-corrected chi connectivity index (χ4v) is 1.91. The first-order valence-corrected chi connectivity index (χ1v) is 5.98. The maximum Gasteiger partial charge on any atom is 0.141 e. The van der Waals surface area contributed by atoms with E-state index in [4.69, 9.17) is 0 Å². The van der Waals surface area contributed by atoms with E-state index in [1.807, 2.05) is 20.2 Å².